The number of amides is 1. The third kappa shape index (κ3) is 3.20. The Morgan fingerprint density at radius 3 is 2.59 bits per heavy atom. The van der Waals surface area contributed by atoms with Crippen LogP contribution in [0.15, 0.2) is 18.2 Å². The Morgan fingerprint density at radius 1 is 1.47 bits per heavy atom. The number of anilines is 1. The maximum Gasteiger partial charge on any atom is 0.230 e. The average molecular weight is 236 g/mol. The number of rotatable bonds is 4. The fourth-order valence-electron chi connectivity index (χ4n) is 1.26. The molecular weight excluding hydrogens is 216 g/mol. The minimum atomic E-state index is -0.445. The molecule has 0 radical (unpaired) electrons. The number of carbonyl (C=O) groups is 1. The summed E-state index contributed by atoms with van der Waals surface area (Å²) in [6, 6.07) is 5.02. The molecule has 1 aromatic carbocycles. The molecule has 0 saturated carbocycles. The van der Waals surface area contributed by atoms with Crippen molar-refractivity contribution in [2.75, 3.05) is 5.32 Å². The Kier molecular flexibility index (Phi) is 4.12. The molecule has 0 fully saturated rings. The van der Waals surface area contributed by atoms with Crippen LogP contribution in [-0.4, -0.2) is 11.0 Å². The number of phenolic OH excluding ortho intramolecular Hbond substituents is 1. The molecule has 0 heterocycles. The van der Waals surface area contributed by atoms with E-state index in [9.17, 15) is 9.90 Å². The molecular formula is C13H20N2O2. The third-order valence-electron chi connectivity index (χ3n) is 3.04. The van der Waals surface area contributed by atoms with Crippen molar-refractivity contribution in [2.45, 2.75) is 33.7 Å². The van der Waals surface area contributed by atoms with Crippen molar-refractivity contribution >= 4 is 11.6 Å². The zero-order chi connectivity index (χ0) is 13.1. The van der Waals surface area contributed by atoms with Crippen LogP contribution in [0.3, 0.4) is 0 Å². The lowest BCUT2D eigenvalue weighted by atomic mass is 9.89. The highest BCUT2D eigenvalue weighted by molar-refractivity contribution is 5.95. The Balaban J connectivity index is 2.86. The van der Waals surface area contributed by atoms with Gasteiger partial charge in [-0.2, -0.15) is 0 Å². The van der Waals surface area contributed by atoms with E-state index in [1.807, 2.05) is 20.8 Å². The number of nitrogens with one attached hydrogen (secondary N) is 1. The molecule has 0 bridgehead atoms. The summed E-state index contributed by atoms with van der Waals surface area (Å²) in [5.41, 5.74) is 6.27. The Hall–Kier alpha value is -1.55. The van der Waals surface area contributed by atoms with Gasteiger partial charge in [0.05, 0.1) is 5.69 Å². The van der Waals surface area contributed by atoms with Crippen molar-refractivity contribution in [3.8, 4) is 5.75 Å². The van der Waals surface area contributed by atoms with Crippen LogP contribution >= 0.6 is 0 Å². The molecule has 1 rings (SSSR count). The fraction of sp³-hybridized carbons (Fsp3) is 0.462. The predicted octanol–water partition coefficient (Wildman–Crippen LogP) is 2.23. The molecule has 94 valence electrons. The predicted molar refractivity (Wildman–Crippen MR) is 68.7 cm³/mol. The fourth-order valence-corrected chi connectivity index (χ4v) is 1.26. The Morgan fingerprint density at radius 2 is 2.12 bits per heavy atom. The number of carbonyl (C=O) groups excluding carboxylic acids is 1. The van der Waals surface area contributed by atoms with Crippen molar-refractivity contribution in [1.82, 2.24) is 0 Å². The van der Waals surface area contributed by atoms with Crippen LogP contribution in [0.25, 0.3) is 0 Å². The van der Waals surface area contributed by atoms with E-state index >= 15 is 0 Å². The second-order valence-corrected chi connectivity index (χ2v) is 4.75. The number of phenols is 1. The van der Waals surface area contributed by atoms with Gasteiger partial charge in [-0.15, -0.1) is 0 Å². The van der Waals surface area contributed by atoms with Gasteiger partial charge in [-0.25, -0.2) is 0 Å². The standard InChI is InChI=1S/C13H20N2O2/c1-4-13(2,3)12(17)15-10-6-5-9(8-14)7-11(10)16/h5-7,16H,4,8,14H2,1-3H3,(H,15,17). The van der Waals surface area contributed by atoms with E-state index < -0.39 is 5.41 Å². The molecule has 1 aromatic rings. The third-order valence-corrected chi connectivity index (χ3v) is 3.04. The van der Waals surface area contributed by atoms with Crippen molar-refractivity contribution in [3.05, 3.63) is 23.8 Å². The molecule has 0 saturated heterocycles. The summed E-state index contributed by atoms with van der Waals surface area (Å²) in [6.07, 6.45) is 0.737. The highest BCUT2D eigenvalue weighted by Gasteiger charge is 2.25. The molecule has 4 N–H and O–H groups in total. The minimum absolute atomic E-state index is 0.0493. The van der Waals surface area contributed by atoms with Crippen LogP contribution in [0, 0.1) is 5.41 Å². The largest absolute Gasteiger partial charge is 0.506 e. The zero-order valence-corrected chi connectivity index (χ0v) is 10.6. The Labute approximate surface area is 102 Å². The summed E-state index contributed by atoms with van der Waals surface area (Å²) in [7, 11) is 0. The second-order valence-electron chi connectivity index (χ2n) is 4.75. The van der Waals surface area contributed by atoms with Gasteiger partial charge in [0.15, 0.2) is 0 Å². The van der Waals surface area contributed by atoms with E-state index in [1.54, 1.807) is 18.2 Å². The minimum Gasteiger partial charge on any atom is -0.506 e. The first-order chi connectivity index (χ1) is 7.90. The van der Waals surface area contributed by atoms with Gasteiger partial charge in [0.1, 0.15) is 5.75 Å². The van der Waals surface area contributed by atoms with Gasteiger partial charge in [-0.1, -0.05) is 26.8 Å². The highest BCUT2D eigenvalue weighted by atomic mass is 16.3. The molecule has 4 heteroatoms. The van der Waals surface area contributed by atoms with Crippen molar-refractivity contribution in [3.63, 3.8) is 0 Å². The SMILES string of the molecule is CCC(C)(C)C(=O)Nc1ccc(CN)cc1O. The van der Waals surface area contributed by atoms with Gasteiger partial charge < -0.3 is 16.2 Å². The van der Waals surface area contributed by atoms with Gasteiger partial charge in [-0.05, 0) is 24.1 Å². The average Bonchev–Trinajstić information content (AvgIpc) is 2.31. The summed E-state index contributed by atoms with van der Waals surface area (Å²) < 4.78 is 0. The zero-order valence-electron chi connectivity index (χ0n) is 10.6. The number of hydrogen-bond acceptors (Lipinski definition) is 3. The van der Waals surface area contributed by atoms with E-state index in [0.717, 1.165) is 12.0 Å². The number of aromatic hydroxyl groups is 1. The Bertz CT molecular complexity index is 414. The van der Waals surface area contributed by atoms with Crippen molar-refractivity contribution in [2.24, 2.45) is 11.1 Å². The molecule has 0 unspecified atom stereocenters. The maximum absolute atomic E-state index is 11.9. The van der Waals surface area contributed by atoms with Gasteiger partial charge in [-0.3, -0.25) is 4.79 Å². The first-order valence-electron chi connectivity index (χ1n) is 5.74. The lowest BCUT2D eigenvalue weighted by molar-refractivity contribution is -0.124. The van der Waals surface area contributed by atoms with E-state index in [2.05, 4.69) is 5.32 Å². The quantitative estimate of drug-likeness (QED) is 0.702. The summed E-state index contributed by atoms with van der Waals surface area (Å²) in [4.78, 5) is 11.9. The summed E-state index contributed by atoms with van der Waals surface area (Å²) in [5, 5.41) is 12.5. The molecule has 0 atom stereocenters. The van der Waals surface area contributed by atoms with E-state index in [0.29, 0.717) is 12.2 Å². The lowest BCUT2D eigenvalue weighted by Crippen LogP contribution is -2.30. The molecule has 17 heavy (non-hydrogen) atoms. The summed E-state index contributed by atoms with van der Waals surface area (Å²) in [5.74, 6) is -0.0519. The monoisotopic (exact) mass is 236 g/mol. The van der Waals surface area contributed by atoms with Crippen LogP contribution in [0.1, 0.15) is 32.8 Å². The molecule has 4 nitrogen and oxygen atoms in total. The topological polar surface area (TPSA) is 75.4 Å². The normalized spacial score (nSPS) is 11.3. The number of nitrogens with two attached hydrogens (primary N) is 1. The number of benzene rings is 1. The van der Waals surface area contributed by atoms with Gasteiger partial charge in [0.25, 0.3) is 0 Å². The molecule has 0 aliphatic heterocycles. The number of hydrogen-bond donors (Lipinski definition) is 3. The van der Waals surface area contributed by atoms with Gasteiger partial charge in [0.2, 0.25) is 5.91 Å². The van der Waals surface area contributed by atoms with Crippen molar-refractivity contribution in [1.29, 1.82) is 0 Å². The van der Waals surface area contributed by atoms with Crippen LogP contribution < -0.4 is 11.1 Å². The van der Waals surface area contributed by atoms with E-state index in [1.165, 1.54) is 0 Å². The van der Waals surface area contributed by atoms with Gasteiger partial charge in [0, 0.05) is 12.0 Å². The highest BCUT2D eigenvalue weighted by Crippen LogP contribution is 2.27. The van der Waals surface area contributed by atoms with Crippen molar-refractivity contribution < 1.29 is 9.90 Å². The molecule has 0 spiro atoms. The first kappa shape index (κ1) is 13.5. The van der Waals surface area contributed by atoms with Crippen LogP contribution in [0.5, 0.6) is 5.75 Å². The van der Waals surface area contributed by atoms with Crippen LogP contribution in [0.4, 0.5) is 5.69 Å². The molecule has 0 aromatic heterocycles. The molecule has 0 aliphatic rings. The van der Waals surface area contributed by atoms with Crippen LogP contribution in [0.2, 0.25) is 0 Å². The first-order valence-corrected chi connectivity index (χ1v) is 5.74. The summed E-state index contributed by atoms with van der Waals surface area (Å²) in [6.45, 7) is 6.06. The maximum atomic E-state index is 11.9. The molecule has 0 aliphatic carbocycles. The summed E-state index contributed by atoms with van der Waals surface area (Å²) >= 11 is 0. The van der Waals surface area contributed by atoms with Gasteiger partial charge >= 0.3 is 0 Å². The van der Waals surface area contributed by atoms with Crippen LogP contribution in [-0.2, 0) is 11.3 Å². The smallest absolute Gasteiger partial charge is 0.230 e. The lowest BCUT2D eigenvalue weighted by Gasteiger charge is -2.21. The second kappa shape index (κ2) is 5.19. The van der Waals surface area contributed by atoms with E-state index in [-0.39, 0.29) is 11.7 Å². The molecule has 1 amide bonds. The van der Waals surface area contributed by atoms with E-state index in [4.69, 9.17) is 5.73 Å².